The minimum absolute atomic E-state index is 0.101. The van der Waals surface area contributed by atoms with E-state index in [9.17, 15) is 4.39 Å². The summed E-state index contributed by atoms with van der Waals surface area (Å²) in [5.41, 5.74) is 1.99. The van der Waals surface area contributed by atoms with Gasteiger partial charge in [0, 0.05) is 18.2 Å². The largest absolute Gasteiger partial charge is 0.364 e. The Morgan fingerprint density at radius 1 is 1.71 bits per heavy atom. The van der Waals surface area contributed by atoms with E-state index in [2.05, 4.69) is 10.1 Å². The van der Waals surface area contributed by atoms with Crippen LogP contribution in [0.2, 0.25) is 0 Å². The number of alkyl halides is 1. The van der Waals surface area contributed by atoms with Crippen LogP contribution in [0.3, 0.4) is 0 Å². The number of aryl methyl sites for hydroxylation is 1. The van der Waals surface area contributed by atoms with Gasteiger partial charge in [-0.3, -0.25) is 4.90 Å². The average Bonchev–Trinajstić information content (AvgIpc) is 2.77. The van der Waals surface area contributed by atoms with Crippen LogP contribution in [0.25, 0.3) is 0 Å². The number of likely N-dealkylation sites (tertiary alicyclic amines) is 1. The van der Waals surface area contributed by atoms with E-state index < -0.39 is 0 Å². The second kappa shape index (κ2) is 4.09. The SMILES string of the molecule is Cc1nocc1CN1CCC[C@@H]1CF. The van der Waals surface area contributed by atoms with Gasteiger partial charge >= 0.3 is 0 Å². The Kier molecular flexibility index (Phi) is 2.82. The van der Waals surface area contributed by atoms with Gasteiger partial charge in [-0.15, -0.1) is 0 Å². The van der Waals surface area contributed by atoms with E-state index in [0.717, 1.165) is 37.2 Å². The van der Waals surface area contributed by atoms with Crippen molar-refractivity contribution in [2.45, 2.75) is 32.4 Å². The molecule has 4 heteroatoms. The molecule has 2 rings (SSSR count). The van der Waals surface area contributed by atoms with Crippen molar-refractivity contribution in [2.24, 2.45) is 0 Å². The van der Waals surface area contributed by atoms with Gasteiger partial charge in [-0.25, -0.2) is 4.39 Å². The molecule has 1 aromatic rings. The first-order valence-electron chi connectivity index (χ1n) is 5.01. The van der Waals surface area contributed by atoms with Crippen molar-refractivity contribution >= 4 is 0 Å². The van der Waals surface area contributed by atoms with Gasteiger partial charge in [0.15, 0.2) is 0 Å². The molecule has 78 valence electrons. The van der Waals surface area contributed by atoms with Crippen molar-refractivity contribution in [2.75, 3.05) is 13.2 Å². The molecule has 14 heavy (non-hydrogen) atoms. The summed E-state index contributed by atoms with van der Waals surface area (Å²) in [6, 6.07) is 0.101. The fourth-order valence-corrected chi connectivity index (χ4v) is 1.96. The van der Waals surface area contributed by atoms with E-state index in [0.29, 0.717) is 0 Å². The zero-order valence-corrected chi connectivity index (χ0v) is 8.37. The van der Waals surface area contributed by atoms with Gasteiger partial charge in [-0.1, -0.05) is 5.16 Å². The van der Waals surface area contributed by atoms with Crippen molar-refractivity contribution in [1.82, 2.24) is 10.1 Å². The van der Waals surface area contributed by atoms with Crippen LogP contribution in [0.15, 0.2) is 10.8 Å². The van der Waals surface area contributed by atoms with Gasteiger partial charge in [0.05, 0.1) is 5.69 Å². The van der Waals surface area contributed by atoms with Crippen LogP contribution in [-0.4, -0.2) is 29.3 Å². The van der Waals surface area contributed by atoms with Gasteiger partial charge < -0.3 is 4.52 Å². The molecule has 2 heterocycles. The van der Waals surface area contributed by atoms with Crippen molar-refractivity contribution < 1.29 is 8.91 Å². The first-order valence-corrected chi connectivity index (χ1v) is 5.01. The first kappa shape index (κ1) is 9.65. The molecule has 0 spiro atoms. The topological polar surface area (TPSA) is 29.3 Å². The molecule has 1 aliphatic heterocycles. The van der Waals surface area contributed by atoms with E-state index in [4.69, 9.17) is 4.52 Å². The summed E-state index contributed by atoms with van der Waals surface area (Å²) in [4.78, 5) is 2.17. The van der Waals surface area contributed by atoms with E-state index in [1.165, 1.54) is 0 Å². The first-order chi connectivity index (χ1) is 6.81. The molecule has 0 radical (unpaired) electrons. The zero-order valence-electron chi connectivity index (χ0n) is 8.37. The van der Waals surface area contributed by atoms with Gasteiger partial charge in [0.1, 0.15) is 12.9 Å². The highest BCUT2D eigenvalue weighted by atomic mass is 19.1. The van der Waals surface area contributed by atoms with Crippen LogP contribution in [0, 0.1) is 6.92 Å². The lowest BCUT2D eigenvalue weighted by atomic mass is 10.2. The second-order valence-corrected chi connectivity index (χ2v) is 3.85. The van der Waals surface area contributed by atoms with Crippen LogP contribution in [0.5, 0.6) is 0 Å². The van der Waals surface area contributed by atoms with Gasteiger partial charge in [0.2, 0.25) is 0 Å². The monoisotopic (exact) mass is 198 g/mol. The maximum absolute atomic E-state index is 12.6. The molecule has 0 saturated carbocycles. The molecule has 3 nitrogen and oxygen atoms in total. The molecule has 1 atom stereocenters. The number of aromatic nitrogens is 1. The van der Waals surface area contributed by atoms with Crippen molar-refractivity contribution in [3.05, 3.63) is 17.5 Å². The molecular formula is C10H15FN2O. The number of nitrogens with zero attached hydrogens (tertiary/aromatic N) is 2. The van der Waals surface area contributed by atoms with Gasteiger partial charge in [-0.05, 0) is 26.3 Å². The standard InChI is InChI=1S/C10H15FN2O/c1-8-9(7-14-12-8)6-13-4-2-3-10(13)5-11/h7,10H,2-6H2,1H3/t10-/m1/s1. The highest BCUT2D eigenvalue weighted by molar-refractivity contribution is 5.12. The molecular weight excluding hydrogens is 183 g/mol. The number of hydrogen-bond donors (Lipinski definition) is 0. The zero-order chi connectivity index (χ0) is 9.97. The Labute approximate surface area is 82.9 Å². The van der Waals surface area contributed by atoms with E-state index >= 15 is 0 Å². The Balaban J connectivity index is 2.00. The van der Waals surface area contributed by atoms with Gasteiger partial charge in [0.25, 0.3) is 0 Å². The van der Waals surface area contributed by atoms with Crippen LogP contribution in [0.1, 0.15) is 24.1 Å². The fraction of sp³-hybridized carbons (Fsp3) is 0.700. The fourth-order valence-electron chi connectivity index (χ4n) is 1.96. The molecule has 0 N–H and O–H groups in total. The quantitative estimate of drug-likeness (QED) is 0.743. The maximum atomic E-state index is 12.6. The molecule has 0 unspecified atom stereocenters. The van der Waals surface area contributed by atoms with Crippen LogP contribution in [0.4, 0.5) is 4.39 Å². The third-order valence-electron chi connectivity index (χ3n) is 2.90. The van der Waals surface area contributed by atoms with E-state index in [-0.39, 0.29) is 12.7 Å². The summed E-state index contributed by atoms with van der Waals surface area (Å²) in [6.45, 7) is 3.42. The molecule has 1 saturated heterocycles. The smallest absolute Gasteiger partial charge is 0.128 e. The lowest BCUT2D eigenvalue weighted by Crippen LogP contribution is -2.30. The molecule has 0 aromatic carbocycles. The lowest BCUT2D eigenvalue weighted by molar-refractivity contribution is 0.206. The van der Waals surface area contributed by atoms with Gasteiger partial charge in [-0.2, -0.15) is 0 Å². The number of rotatable bonds is 3. The normalized spacial score (nSPS) is 23.1. The van der Waals surface area contributed by atoms with Crippen LogP contribution >= 0.6 is 0 Å². The second-order valence-electron chi connectivity index (χ2n) is 3.85. The summed E-state index contributed by atoms with van der Waals surface area (Å²) in [5, 5.41) is 3.81. The Morgan fingerprint density at radius 3 is 3.21 bits per heavy atom. The van der Waals surface area contributed by atoms with E-state index in [1.807, 2.05) is 6.92 Å². The Hall–Kier alpha value is -0.900. The summed E-state index contributed by atoms with van der Waals surface area (Å²) in [7, 11) is 0. The predicted octanol–water partition coefficient (Wildman–Crippen LogP) is 1.92. The minimum atomic E-state index is -0.246. The van der Waals surface area contributed by atoms with Crippen LogP contribution in [-0.2, 0) is 6.54 Å². The molecule has 0 bridgehead atoms. The highest BCUT2D eigenvalue weighted by Gasteiger charge is 2.25. The minimum Gasteiger partial charge on any atom is -0.364 e. The predicted molar refractivity (Wildman–Crippen MR) is 50.6 cm³/mol. The lowest BCUT2D eigenvalue weighted by Gasteiger charge is -2.20. The third kappa shape index (κ3) is 1.80. The van der Waals surface area contributed by atoms with E-state index in [1.54, 1.807) is 6.26 Å². The van der Waals surface area contributed by atoms with Crippen molar-refractivity contribution in [3.63, 3.8) is 0 Å². The molecule has 1 fully saturated rings. The summed E-state index contributed by atoms with van der Waals surface area (Å²) in [5.74, 6) is 0. The Morgan fingerprint density at radius 2 is 2.57 bits per heavy atom. The van der Waals surface area contributed by atoms with Crippen LogP contribution < -0.4 is 0 Å². The number of halogens is 1. The highest BCUT2D eigenvalue weighted by Crippen LogP contribution is 2.21. The molecule has 0 aliphatic carbocycles. The molecule has 1 aromatic heterocycles. The Bertz CT molecular complexity index is 300. The molecule has 0 amide bonds. The summed E-state index contributed by atoms with van der Waals surface area (Å²) >= 11 is 0. The average molecular weight is 198 g/mol. The molecule has 1 aliphatic rings. The van der Waals surface area contributed by atoms with Crippen molar-refractivity contribution in [3.8, 4) is 0 Å². The maximum Gasteiger partial charge on any atom is 0.128 e. The van der Waals surface area contributed by atoms with Crippen molar-refractivity contribution in [1.29, 1.82) is 0 Å². The summed E-state index contributed by atoms with van der Waals surface area (Å²) < 4.78 is 17.5. The summed E-state index contributed by atoms with van der Waals surface area (Å²) in [6.07, 6.45) is 3.72. The third-order valence-corrected chi connectivity index (χ3v) is 2.90. The number of hydrogen-bond acceptors (Lipinski definition) is 3.